The first kappa shape index (κ1) is 24.0. The molecule has 0 amide bonds. The lowest BCUT2D eigenvalue weighted by molar-refractivity contribution is -0.170. The lowest BCUT2D eigenvalue weighted by atomic mass is 9.75. The largest absolute Gasteiger partial charge is 0.487 e. The number of fused-ring (bicyclic) bond motifs is 1. The Hall–Kier alpha value is -3.72. The van der Waals surface area contributed by atoms with Crippen LogP contribution in [0.25, 0.3) is 22.8 Å². The van der Waals surface area contributed by atoms with Gasteiger partial charge in [0.15, 0.2) is 5.41 Å². The molecular weight excluding hydrogens is 462 g/mol. The first-order valence-corrected chi connectivity index (χ1v) is 12.0. The fraction of sp³-hybridized carbons (Fsp3) is 0.407. The fourth-order valence-corrected chi connectivity index (χ4v) is 5.20. The number of nitrogens with zero attached hydrogens (tertiary/aromatic N) is 3. The average molecular weight is 492 g/mol. The van der Waals surface area contributed by atoms with E-state index in [4.69, 9.17) is 9.26 Å². The molecule has 188 valence electrons. The van der Waals surface area contributed by atoms with Crippen molar-refractivity contribution in [3.05, 3.63) is 53.6 Å². The van der Waals surface area contributed by atoms with Crippen molar-refractivity contribution in [2.45, 2.75) is 58.2 Å². The van der Waals surface area contributed by atoms with Crippen molar-refractivity contribution in [3.8, 4) is 28.6 Å². The van der Waals surface area contributed by atoms with Gasteiger partial charge in [-0.3, -0.25) is 14.5 Å². The van der Waals surface area contributed by atoms with Crippen LogP contribution in [-0.4, -0.2) is 55.4 Å². The molecule has 0 aliphatic carbocycles. The Bertz CT molecular complexity index is 1300. The van der Waals surface area contributed by atoms with Crippen LogP contribution < -0.4 is 4.74 Å². The summed E-state index contributed by atoms with van der Waals surface area (Å²) in [5, 5.41) is 23.2. The number of ether oxygens (including phenoxy) is 1. The van der Waals surface area contributed by atoms with Gasteiger partial charge in [-0.05, 0) is 62.9 Å². The fourth-order valence-electron chi connectivity index (χ4n) is 5.20. The number of rotatable bonds is 6. The van der Waals surface area contributed by atoms with E-state index in [9.17, 15) is 19.8 Å². The maximum atomic E-state index is 11.6. The zero-order chi connectivity index (χ0) is 25.7. The van der Waals surface area contributed by atoms with Crippen molar-refractivity contribution in [1.82, 2.24) is 15.0 Å². The van der Waals surface area contributed by atoms with Crippen molar-refractivity contribution < 1.29 is 29.1 Å². The molecule has 0 spiro atoms. The molecule has 0 bridgehead atoms. The molecule has 2 aromatic carbocycles. The summed E-state index contributed by atoms with van der Waals surface area (Å²) in [4.78, 5) is 30.0. The van der Waals surface area contributed by atoms with Crippen molar-refractivity contribution in [2.24, 2.45) is 5.41 Å². The number of hydrogen-bond acceptors (Lipinski definition) is 7. The van der Waals surface area contributed by atoms with Gasteiger partial charge in [0.25, 0.3) is 5.89 Å². The second-order valence-corrected chi connectivity index (χ2v) is 10.4. The Balaban J connectivity index is 1.26. The first-order chi connectivity index (χ1) is 17.1. The number of carbonyl (C=O) groups is 2. The summed E-state index contributed by atoms with van der Waals surface area (Å²) < 4.78 is 11.5. The number of piperidine rings is 1. The van der Waals surface area contributed by atoms with Crippen LogP contribution in [0.2, 0.25) is 0 Å². The van der Waals surface area contributed by atoms with E-state index >= 15 is 0 Å². The SMILES string of the molecule is CC1CC(C(=O)O)(C(=O)O)CCN1Cc1ccc(-c2noc(-c3ccc4c(c3)CC(C)(C)O4)n2)cc1. The van der Waals surface area contributed by atoms with E-state index in [1.165, 1.54) is 0 Å². The van der Waals surface area contributed by atoms with Gasteiger partial charge >= 0.3 is 11.9 Å². The van der Waals surface area contributed by atoms with Crippen molar-refractivity contribution in [3.63, 3.8) is 0 Å². The molecule has 3 aromatic rings. The molecule has 0 saturated carbocycles. The molecule has 5 rings (SSSR count). The monoisotopic (exact) mass is 491 g/mol. The van der Waals surface area contributed by atoms with Gasteiger partial charge in [0, 0.05) is 36.7 Å². The molecule has 2 aliphatic heterocycles. The molecule has 2 aliphatic rings. The summed E-state index contributed by atoms with van der Waals surface area (Å²) in [5.41, 5.74) is 1.90. The van der Waals surface area contributed by atoms with Gasteiger partial charge in [0.2, 0.25) is 5.82 Å². The molecule has 3 heterocycles. The molecule has 36 heavy (non-hydrogen) atoms. The Morgan fingerprint density at radius 1 is 1.08 bits per heavy atom. The highest BCUT2D eigenvalue weighted by molar-refractivity contribution is 5.98. The highest BCUT2D eigenvalue weighted by atomic mass is 16.5. The second-order valence-electron chi connectivity index (χ2n) is 10.4. The highest BCUT2D eigenvalue weighted by Gasteiger charge is 2.50. The van der Waals surface area contributed by atoms with Gasteiger partial charge in [0.05, 0.1) is 0 Å². The van der Waals surface area contributed by atoms with Crippen molar-refractivity contribution in [1.29, 1.82) is 0 Å². The van der Waals surface area contributed by atoms with Crippen LogP contribution in [-0.2, 0) is 22.6 Å². The van der Waals surface area contributed by atoms with Crippen LogP contribution >= 0.6 is 0 Å². The lowest BCUT2D eigenvalue weighted by Crippen LogP contribution is -2.52. The summed E-state index contributed by atoms with van der Waals surface area (Å²) in [6.07, 6.45) is 0.980. The zero-order valence-electron chi connectivity index (χ0n) is 20.5. The Morgan fingerprint density at radius 3 is 2.44 bits per heavy atom. The van der Waals surface area contributed by atoms with Gasteiger partial charge < -0.3 is 19.5 Å². The Morgan fingerprint density at radius 2 is 1.78 bits per heavy atom. The van der Waals surface area contributed by atoms with Crippen LogP contribution in [0.5, 0.6) is 5.75 Å². The number of hydrogen-bond donors (Lipinski definition) is 2. The molecule has 9 nitrogen and oxygen atoms in total. The van der Waals surface area contributed by atoms with E-state index < -0.39 is 17.4 Å². The summed E-state index contributed by atoms with van der Waals surface area (Å²) in [6.45, 7) is 7.00. The third kappa shape index (κ3) is 4.35. The van der Waals surface area contributed by atoms with Gasteiger partial charge in [-0.2, -0.15) is 4.98 Å². The molecule has 1 atom stereocenters. The van der Waals surface area contributed by atoms with Crippen LogP contribution in [0.4, 0.5) is 0 Å². The molecule has 1 saturated heterocycles. The summed E-state index contributed by atoms with van der Waals surface area (Å²) in [7, 11) is 0. The molecule has 0 radical (unpaired) electrons. The summed E-state index contributed by atoms with van der Waals surface area (Å²) in [6, 6.07) is 13.5. The minimum absolute atomic E-state index is 0.0771. The van der Waals surface area contributed by atoms with Gasteiger partial charge in [0.1, 0.15) is 11.4 Å². The number of likely N-dealkylation sites (tertiary alicyclic amines) is 1. The number of carboxylic acid groups (broad SMARTS) is 2. The molecule has 1 unspecified atom stereocenters. The van der Waals surface area contributed by atoms with Gasteiger partial charge in [-0.1, -0.05) is 29.4 Å². The lowest BCUT2D eigenvalue weighted by Gasteiger charge is -2.41. The zero-order valence-corrected chi connectivity index (χ0v) is 20.5. The minimum Gasteiger partial charge on any atom is -0.487 e. The maximum Gasteiger partial charge on any atom is 0.321 e. The normalized spacial score (nSPS) is 20.5. The second kappa shape index (κ2) is 8.74. The number of aliphatic carboxylic acids is 2. The van der Waals surface area contributed by atoms with Crippen molar-refractivity contribution in [2.75, 3.05) is 6.54 Å². The highest BCUT2D eigenvalue weighted by Crippen LogP contribution is 2.38. The quantitative estimate of drug-likeness (QED) is 0.486. The maximum absolute atomic E-state index is 11.6. The first-order valence-electron chi connectivity index (χ1n) is 12.0. The molecule has 9 heteroatoms. The van der Waals surface area contributed by atoms with E-state index in [1.807, 2.05) is 49.4 Å². The average Bonchev–Trinajstić information content (AvgIpc) is 3.43. The number of carboxylic acids is 2. The van der Waals surface area contributed by atoms with Crippen LogP contribution in [0.3, 0.4) is 0 Å². The minimum atomic E-state index is -1.71. The van der Waals surface area contributed by atoms with Gasteiger partial charge in [-0.15, -0.1) is 0 Å². The summed E-state index contributed by atoms with van der Waals surface area (Å²) >= 11 is 0. The predicted octanol–water partition coefficient (Wildman–Crippen LogP) is 4.26. The van der Waals surface area contributed by atoms with Crippen LogP contribution in [0.1, 0.15) is 44.7 Å². The Kier molecular flexibility index (Phi) is 5.83. The predicted molar refractivity (Wildman–Crippen MR) is 130 cm³/mol. The van der Waals surface area contributed by atoms with E-state index in [0.717, 1.165) is 34.4 Å². The number of benzene rings is 2. The third-order valence-corrected chi connectivity index (χ3v) is 7.25. The third-order valence-electron chi connectivity index (χ3n) is 7.25. The van der Waals surface area contributed by atoms with Crippen LogP contribution in [0, 0.1) is 5.41 Å². The molecule has 1 fully saturated rings. The van der Waals surface area contributed by atoms with E-state index in [2.05, 4.69) is 28.9 Å². The smallest absolute Gasteiger partial charge is 0.321 e. The van der Waals surface area contributed by atoms with E-state index in [-0.39, 0.29) is 24.5 Å². The summed E-state index contributed by atoms with van der Waals surface area (Å²) in [5.74, 6) is -0.694. The topological polar surface area (TPSA) is 126 Å². The Labute approximate surface area is 208 Å². The van der Waals surface area contributed by atoms with E-state index in [1.54, 1.807) is 0 Å². The van der Waals surface area contributed by atoms with E-state index in [0.29, 0.717) is 24.8 Å². The standard InChI is InChI=1S/C27H29N3O6/c1-16-13-27(24(31)32,25(33)34)10-11-30(16)15-17-4-6-18(7-5-17)22-28-23(36-29-22)19-8-9-21-20(12-19)14-26(2,3)35-21/h4-9,12,16H,10-11,13-15H2,1-3H3,(H,31,32)(H,33,34). The van der Waals surface area contributed by atoms with Crippen LogP contribution in [0.15, 0.2) is 47.0 Å². The number of aromatic nitrogens is 2. The van der Waals surface area contributed by atoms with Gasteiger partial charge in [-0.25, -0.2) is 0 Å². The molecule has 2 N–H and O–H groups in total. The van der Waals surface area contributed by atoms with Crippen molar-refractivity contribution >= 4 is 11.9 Å². The molecule has 1 aromatic heterocycles. The molecular formula is C27H29N3O6.